The van der Waals surface area contributed by atoms with Gasteiger partial charge in [-0.3, -0.25) is 9.59 Å². The number of aromatic nitrogens is 3. The minimum Gasteiger partial charge on any atom is -0.339 e. The Bertz CT molecular complexity index is 1110. The van der Waals surface area contributed by atoms with E-state index >= 15 is 0 Å². The van der Waals surface area contributed by atoms with Crippen LogP contribution < -0.4 is 5.32 Å². The number of hydrogen-bond donors (Lipinski definition) is 1. The highest BCUT2D eigenvalue weighted by atomic mass is 35.5. The Hall–Kier alpha value is -3.00. The maximum Gasteiger partial charge on any atom is 0.253 e. The molecule has 4 rings (SSSR count). The van der Waals surface area contributed by atoms with Crippen LogP contribution in [-0.2, 0) is 11.3 Å². The third-order valence-electron chi connectivity index (χ3n) is 5.40. The van der Waals surface area contributed by atoms with E-state index < -0.39 is 5.82 Å². The highest BCUT2D eigenvalue weighted by molar-refractivity contribution is 6.31. The normalized spacial score (nSPS) is 14.8. The first-order valence-corrected chi connectivity index (χ1v) is 10.2. The summed E-state index contributed by atoms with van der Waals surface area (Å²) in [5, 5.41) is 10.9. The molecule has 1 aliphatic heterocycles. The number of benzene rings is 2. The highest BCUT2D eigenvalue weighted by Crippen LogP contribution is 2.24. The monoisotopic (exact) mass is 429 g/mol. The van der Waals surface area contributed by atoms with Crippen LogP contribution in [0.3, 0.4) is 0 Å². The van der Waals surface area contributed by atoms with Crippen LogP contribution in [0.4, 0.5) is 10.1 Å². The van der Waals surface area contributed by atoms with E-state index in [-0.39, 0.29) is 22.8 Å². The fourth-order valence-corrected chi connectivity index (χ4v) is 3.86. The van der Waals surface area contributed by atoms with Gasteiger partial charge in [-0.1, -0.05) is 16.8 Å². The minimum absolute atomic E-state index is 0.0378. The molecule has 0 radical (unpaired) electrons. The first-order valence-electron chi connectivity index (χ1n) is 9.84. The van der Waals surface area contributed by atoms with Crippen molar-refractivity contribution < 1.29 is 14.0 Å². The molecule has 1 aromatic heterocycles. The van der Waals surface area contributed by atoms with Crippen molar-refractivity contribution in [3.63, 3.8) is 0 Å². The lowest BCUT2D eigenvalue weighted by Crippen LogP contribution is -2.41. The maximum absolute atomic E-state index is 13.3. The Morgan fingerprint density at radius 2 is 1.97 bits per heavy atom. The van der Waals surface area contributed by atoms with E-state index in [1.165, 1.54) is 18.2 Å². The number of halogens is 2. The standard InChI is InChI=1S/C21H21ClFN5O2/c1-2-28-19-6-3-14(11-18(19)25-26-28)21(30)27-9-7-13(8-10-27)20(29)24-15-4-5-17(23)16(22)12-15/h3-6,11-13H,2,7-10H2,1H3,(H,24,29). The van der Waals surface area contributed by atoms with Gasteiger partial charge in [-0.25, -0.2) is 9.07 Å². The Morgan fingerprint density at radius 1 is 1.20 bits per heavy atom. The summed E-state index contributed by atoms with van der Waals surface area (Å²) in [6.45, 7) is 3.67. The highest BCUT2D eigenvalue weighted by Gasteiger charge is 2.28. The van der Waals surface area contributed by atoms with Gasteiger partial charge in [0.25, 0.3) is 5.91 Å². The number of rotatable bonds is 4. The molecule has 1 aliphatic rings. The zero-order valence-electron chi connectivity index (χ0n) is 16.4. The Labute approximate surface area is 177 Å². The van der Waals surface area contributed by atoms with E-state index in [0.717, 1.165) is 5.52 Å². The van der Waals surface area contributed by atoms with Crippen LogP contribution in [0.2, 0.25) is 5.02 Å². The van der Waals surface area contributed by atoms with Gasteiger partial charge in [0.15, 0.2) is 0 Å². The van der Waals surface area contributed by atoms with Gasteiger partial charge in [-0.05, 0) is 56.2 Å². The van der Waals surface area contributed by atoms with E-state index in [9.17, 15) is 14.0 Å². The van der Waals surface area contributed by atoms with Crippen molar-refractivity contribution in [1.82, 2.24) is 19.9 Å². The molecule has 0 unspecified atom stereocenters. The Balaban J connectivity index is 1.37. The molecule has 7 nitrogen and oxygen atoms in total. The van der Waals surface area contributed by atoms with Crippen LogP contribution in [0.15, 0.2) is 36.4 Å². The molecule has 9 heteroatoms. The molecule has 0 saturated carbocycles. The molecule has 30 heavy (non-hydrogen) atoms. The van der Waals surface area contributed by atoms with Gasteiger partial charge in [0.2, 0.25) is 5.91 Å². The average molecular weight is 430 g/mol. The summed E-state index contributed by atoms with van der Waals surface area (Å²) >= 11 is 5.76. The minimum atomic E-state index is -0.531. The second kappa shape index (κ2) is 8.39. The largest absolute Gasteiger partial charge is 0.339 e. The molecule has 0 atom stereocenters. The van der Waals surface area contributed by atoms with Crippen molar-refractivity contribution in [3.05, 3.63) is 52.8 Å². The Morgan fingerprint density at radius 3 is 2.67 bits per heavy atom. The summed E-state index contributed by atoms with van der Waals surface area (Å²) < 4.78 is 15.0. The first-order chi connectivity index (χ1) is 14.5. The molecule has 2 aromatic carbocycles. The molecular weight excluding hydrogens is 409 g/mol. The van der Waals surface area contributed by atoms with E-state index in [1.54, 1.807) is 21.7 Å². The van der Waals surface area contributed by atoms with Crippen LogP contribution in [0.1, 0.15) is 30.1 Å². The van der Waals surface area contributed by atoms with Gasteiger partial charge < -0.3 is 10.2 Å². The smallest absolute Gasteiger partial charge is 0.253 e. The number of likely N-dealkylation sites (tertiary alicyclic amines) is 1. The number of carbonyl (C=O) groups excluding carboxylic acids is 2. The predicted molar refractivity (Wildman–Crippen MR) is 112 cm³/mol. The van der Waals surface area contributed by atoms with E-state index in [4.69, 9.17) is 11.6 Å². The number of carbonyl (C=O) groups is 2. The Kier molecular flexibility index (Phi) is 5.67. The summed E-state index contributed by atoms with van der Waals surface area (Å²) in [7, 11) is 0. The molecule has 2 amide bonds. The second-order valence-electron chi connectivity index (χ2n) is 7.29. The molecular formula is C21H21ClFN5O2. The zero-order chi connectivity index (χ0) is 21.3. The van der Waals surface area contributed by atoms with Crippen LogP contribution in [0, 0.1) is 11.7 Å². The summed E-state index contributed by atoms with van der Waals surface area (Å²) in [5.41, 5.74) is 2.60. The molecule has 2 heterocycles. The van der Waals surface area contributed by atoms with Crippen LogP contribution >= 0.6 is 11.6 Å². The number of hydrogen-bond acceptors (Lipinski definition) is 4. The maximum atomic E-state index is 13.3. The summed E-state index contributed by atoms with van der Waals surface area (Å²) in [5.74, 6) is -0.976. The molecule has 0 bridgehead atoms. The third kappa shape index (κ3) is 4.00. The van der Waals surface area contributed by atoms with Gasteiger partial charge in [-0.2, -0.15) is 0 Å². The molecule has 1 N–H and O–H groups in total. The van der Waals surface area contributed by atoms with Crippen molar-refractivity contribution in [2.24, 2.45) is 5.92 Å². The number of anilines is 1. The fourth-order valence-electron chi connectivity index (χ4n) is 3.68. The van der Waals surface area contributed by atoms with E-state index in [2.05, 4.69) is 15.6 Å². The SMILES string of the molecule is CCn1nnc2cc(C(=O)N3CCC(C(=O)Nc4ccc(F)c(Cl)c4)CC3)ccc21. The molecule has 0 spiro atoms. The molecule has 0 aliphatic carbocycles. The molecule has 1 saturated heterocycles. The van der Waals surface area contributed by atoms with Gasteiger partial charge in [0, 0.05) is 36.8 Å². The number of amides is 2. The van der Waals surface area contributed by atoms with Gasteiger partial charge >= 0.3 is 0 Å². The molecule has 1 fully saturated rings. The molecule has 156 valence electrons. The van der Waals surface area contributed by atoms with E-state index in [0.29, 0.717) is 49.2 Å². The van der Waals surface area contributed by atoms with Crippen molar-refractivity contribution in [3.8, 4) is 0 Å². The summed E-state index contributed by atoms with van der Waals surface area (Å²) in [4.78, 5) is 27.1. The summed E-state index contributed by atoms with van der Waals surface area (Å²) in [6, 6.07) is 9.49. The lowest BCUT2D eigenvalue weighted by Gasteiger charge is -2.31. The zero-order valence-corrected chi connectivity index (χ0v) is 17.2. The summed E-state index contributed by atoms with van der Waals surface area (Å²) in [6.07, 6.45) is 1.11. The van der Waals surface area contributed by atoms with Crippen LogP contribution in [-0.4, -0.2) is 44.8 Å². The first kappa shape index (κ1) is 20.3. The topological polar surface area (TPSA) is 80.1 Å². The van der Waals surface area contributed by atoms with Gasteiger partial charge in [0.1, 0.15) is 11.3 Å². The number of aryl methyl sites for hydroxylation is 1. The van der Waals surface area contributed by atoms with Crippen LogP contribution in [0.5, 0.6) is 0 Å². The number of fused-ring (bicyclic) bond motifs is 1. The molecule has 3 aromatic rings. The van der Waals surface area contributed by atoms with Gasteiger partial charge in [0.05, 0.1) is 10.5 Å². The predicted octanol–water partition coefficient (Wildman–Crippen LogP) is 3.73. The van der Waals surface area contributed by atoms with Crippen molar-refractivity contribution in [2.45, 2.75) is 26.3 Å². The third-order valence-corrected chi connectivity index (χ3v) is 5.69. The quantitative estimate of drug-likeness (QED) is 0.685. The van der Waals surface area contributed by atoms with Crippen molar-refractivity contribution in [1.29, 1.82) is 0 Å². The number of piperidine rings is 1. The number of nitrogens with one attached hydrogen (secondary N) is 1. The van der Waals surface area contributed by atoms with Crippen molar-refractivity contribution >= 4 is 40.1 Å². The van der Waals surface area contributed by atoms with E-state index in [1.807, 2.05) is 13.0 Å². The average Bonchev–Trinajstić information content (AvgIpc) is 3.18. The van der Waals surface area contributed by atoms with Crippen molar-refractivity contribution in [2.75, 3.05) is 18.4 Å². The second-order valence-corrected chi connectivity index (χ2v) is 7.70. The lowest BCUT2D eigenvalue weighted by atomic mass is 9.95. The lowest BCUT2D eigenvalue weighted by molar-refractivity contribution is -0.121. The van der Waals surface area contributed by atoms with Crippen LogP contribution in [0.25, 0.3) is 11.0 Å². The fraction of sp³-hybridized carbons (Fsp3) is 0.333. The number of nitrogens with zero attached hydrogens (tertiary/aromatic N) is 4. The van der Waals surface area contributed by atoms with Gasteiger partial charge in [-0.15, -0.1) is 5.10 Å².